The van der Waals surface area contributed by atoms with Crippen molar-refractivity contribution in [3.63, 3.8) is 0 Å². The fourth-order valence-electron chi connectivity index (χ4n) is 3.68. The van der Waals surface area contributed by atoms with Crippen molar-refractivity contribution in [3.8, 4) is 5.75 Å². The van der Waals surface area contributed by atoms with Crippen molar-refractivity contribution in [1.29, 1.82) is 0 Å². The molecule has 0 atom stereocenters. The van der Waals surface area contributed by atoms with Crippen LogP contribution in [0.5, 0.6) is 5.75 Å². The highest BCUT2D eigenvalue weighted by Crippen LogP contribution is 2.30. The smallest absolute Gasteiger partial charge is 0.323 e. The molecular formula is C22H27F2N3O4S2. The van der Waals surface area contributed by atoms with Gasteiger partial charge in [-0.05, 0) is 50.2 Å². The molecule has 7 nitrogen and oxygen atoms in total. The number of nitrogens with one attached hydrogen (secondary N) is 1. The molecule has 0 spiro atoms. The topological polar surface area (TPSA) is 91.8 Å². The van der Waals surface area contributed by atoms with Gasteiger partial charge in [0.05, 0.1) is 22.8 Å². The number of thiazole rings is 1. The lowest BCUT2D eigenvalue weighted by Crippen LogP contribution is -2.45. The molecular weight excluding hydrogens is 472 g/mol. The third-order valence-corrected chi connectivity index (χ3v) is 7.52. The molecule has 0 unspecified atom stereocenters. The SMILES string of the molecule is CC1CCC(N(CCCOc2ccc(F)c(F)c2)C(=O)Nc2ncc(SCC(=O)O)s2)CC1. The maximum atomic E-state index is 13.3. The number of carbonyl (C=O) groups is 2. The zero-order valence-corrected chi connectivity index (χ0v) is 19.9. The average Bonchev–Trinajstić information content (AvgIpc) is 3.23. The predicted octanol–water partition coefficient (Wildman–Crippen LogP) is 5.48. The maximum absolute atomic E-state index is 13.3. The van der Waals surface area contributed by atoms with Crippen LogP contribution in [0.25, 0.3) is 0 Å². The molecule has 11 heteroatoms. The summed E-state index contributed by atoms with van der Waals surface area (Å²) in [6.07, 6.45) is 6.00. The van der Waals surface area contributed by atoms with Crippen molar-refractivity contribution in [3.05, 3.63) is 36.0 Å². The van der Waals surface area contributed by atoms with Crippen LogP contribution < -0.4 is 10.1 Å². The molecule has 2 N–H and O–H groups in total. The summed E-state index contributed by atoms with van der Waals surface area (Å²) in [5.74, 6) is -2.00. The van der Waals surface area contributed by atoms with E-state index < -0.39 is 17.6 Å². The van der Waals surface area contributed by atoms with Crippen molar-refractivity contribution in [2.45, 2.75) is 49.3 Å². The lowest BCUT2D eigenvalue weighted by molar-refractivity contribution is -0.133. The number of carboxylic acids is 1. The van der Waals surface area contributed by atoms with E-state index in [1.54, 1.807) is 11.1 Å². The Morgan fingerprint density at radius 3 is 2.73 bits per heavy atom. The number of hydrogen-bond acceptors (Lipinski definition) is 6. The van der Waals surface area contributed by atoms with Crippen molar-refractivity contribution in [2.24, 2.45) is 5.92 Å². The fourth-order valence-corrected chi connectivity index (χ4v) is 5.26. The van der Waals surface area contributed by atoms with Crippen LogP contribution in [0.1, 0.15) is 39.0 Å². The number of rotatable bonds is 10. The summed E-state index contributed by atoms with van der Waals surface area (Å²) in [5.41, 5.74) is 0. The summed E-state index contributed by atoms with van der Waals surface area (Å²) >= 11 is 2.39. The number of urea groups is 1. The van der Waals surface area contributed by atoms with E-state index in [1.807, 2.05) is 0 Å². The highest BCUT2D eigenvalue weighted by Gasteiger charge is 2.28. The largest absolute Gasteiger partial charge is 0.493 e. The standard InChI is InChI=1S/C22H27F2N3O4S2/c1-14-3-5-15(6-4-14)27(9-2-10-31-16-7-8-17(23)18(24)11-16)22(30)26-21-25-12-20(33-21)32-13-19(28)29/h7-8,11-12,14-15H,2-6,9-10,13H2,1H3,(H,28,29)(H,25,26,30). The number of hydrogen-bond donors (Lipinski definition) is 2. The summed E-state index contributed by atoms with van der Waals surface area (Å²) in [4.78, 5) is 29.8. The number of aromatic nitrogens is 1. The summed E-state index contributed by atoms with van der Waals surface area (Å²) in [5, 5.41) is 12.1. The van der Waals surface area contributed by atoms with E-state index >= 15 is 0 Å². The second kappa shape index (κ2) is 12.2. The van der Waals surface area contributed by atoms with Crippen LogP contribution in [0.15, 0.2) is 28.6 Å². The second-order valence-corrected chi connectivity index (χ2v) is 10.3. The molecule has 1 saturated carbocycles. The number of anilines is 1. The summed E-state index contributed by atoms with van der Waals surface area (Å²) in [7, 11) is 0. The third kappa shape index (κ3) is 7.85. The minimum atomic E-state index is -0.964. The zero-order valence-electron chi connectivity index (χ0n) is 18.3. The first-order chi connectivity index (χ1) is 15.8. The molecule has 180 valence electrons. The van der Waals surface area contributed by atoms with E-state index in [4.69, 9.17) is 9.84 Å². The number of aliphatic carboxylic acids is 1. The molecule has 1 aromatic heterocycles. The van der Waals surface area contributed by atoms with Crippen LogP contribution in [-0.2, 0) is 4.79 Å². The Labute approximate surface area is 199 Å². The number of carboxylic acid groups (broad SMARTS) is 1. The normalized spacial score (nSPS) is 18.0. The van der Waals surface area contributed by atoms with Gasteiger partial charge in [-0.2, -0.15) is 0 Å². The van der Waals surface area contributed by atoms with E-state index in [0.29, 0.717) is 28.2 Å². The summed E-state index contributed by atoms with van der Waals surface area (Å²) in [6, 6.07) is 3.24. The minimum absolute atomic E-state index is 0.0695. The van der Waals surface area contributed by atoms with Crippen LogP contribution in [-0.4, -0.2) is 51.9 Å². The lowest BCUT2D eigenvalue weighted by Gasteiger charge is -2.36. The molecule has 1 aliphatic carbocycles. The Bertz CT molecular complexity index is 951. The van der Waals surface area contributed by atoms with E-state index in [0.717, 1.165) is 49.6 Å². The molecule has 2 amide bonds. The number of ether oxygens (including phenoxy) is 1. The molecule has 0 aliphatic heterocycles. The van der Waals surface area contributed by atoms with Gasteiger partial charge in [0.2, 0.25) is 0 Å². The molecule has 1 heterocycles. The maximum Gasteiger partial charge on any atom is 0.323 e. The Balaban J connectivity index is 1.57. The van der Waals surface area contributed by atoms with Gasteiger partial charge < -0.3 is 14.7 Å². The lowest BCUT2D eigenvalue weighted by atomic mass is 9.86. The molecule has 2 aromatic rings. The van der Waals surface area contributed by atoms with E-state index in [9.17, 15) is 18.4 Å². The van der Waals surface area contributed by atoms with Crippen LogP contribution >= 0.6 is 23.1 Å². The first-order valence-corrected chi connectivity index (χ1v) is 12.6. The number of halogens is 2. The third-order valence-electron chi connectivity index (χ3n) is 5.43. The van der Waals surface area contributed by atoms with Gasteiger partial charge in [0.15, 0.2) is 16.8 Å². The van der Waals surface area contributed by atoms with Crippen molar-refractivity contribution >= 4 is 40.2 Å². The number of benzene rings is 1. The van der Waals surface area contributed by atoms with E-state index in [-0.39, 0.29) is 30.2 Å². The van der Waals surface area contributed by atoms with Crippen LogP contribution in [0.2, 0.25) is 0 Å². The first-order valence-electron chi connectivity index (χ1n) is 10.8. The van der Waals surface area contributed by atoms with Gasteiger partial charge in [-0.3, -0.25) is 10.1 Å². The van der Waals surface area contributed by atoms with Crippen LogP contribution in [0.3, 0.4) is 0 Å². The average molecular weight is 500 g/mol. The molecule has 1 aromatic carbocycles. The Hall–Kier alpha value is -2.40. The van der Waals surface area contributed by atoms with Crippen molar-refractivity contribution in [2.75, 3.05) is 24.2 Å². The van der Waals surface area contributed by atoms with Gasteiger partial charge in [-0.15, -0.1) is 11.8 Å². The van der Waals surface area contributed by atoms with Crippen molar-refractivity contribution < 1.29 is 28.2 Å². The molecule has 0 radical (unpaired) electrons. The molecule has 3 rings (SSSR count). The first kappa shape index (κ1) is 25.2. The van der Waals surface area contributed by atoms with E-state index in [2.05, 4.69) is 17.2 Å². The highest BCUT2D eigenvalue weighted by molar-refractivity contribution is 8.01. The predicted molar refractivity (Wildman–Crippen MR) is 124 cm³/mol. The highest BCUT2D eigenvalue weighted by atomic mass is 32.2. The van der Waals surface area contributed by atoms with Crippen LogP contribution in [0.4, 0.5) is 18.7 Å². The number of carbonyl (C=O) groups excluding carboxylic acids is 1. The summed E-state index contributed by atoms with van der Waals surface area (Å²) < 4.78 is 32.6. The van der Waals surface area contributed by atoms with Gasteiger partial charge in [-0.25, -0.2) is 18.6 Å². The zero-order chi connectivity index (χ0) is 23.8. The molecule has 0 bridgehead atoms. The van der Waals surface area contributed by atoms with E-state index in [1.165, 1.54) is 17.4 Å². The molecule has 33 heavy (non-hydrogen) atoms. The van der Waals surface area contributed by atoms with Gasteiger partial charge in [0.1, 0.15) is 5.75 Å². The molecule has 1 aliphatic rings. The molecule has 0 saturated heterocycles. The number of thioether (sulfide) groups is 1. The Morgan fingerprint density at radius 2 is 2.03 bits per heavy atom. The minimum Gasteiger partial charge on any atom is -0.493 e. The Kier molecular flexibility index (Phi) is 9.30. The Morgan fingerprint density at radius 1 is 1.27 bits per heavy atom. The van der Waals surface area contributed by atoms with Gasteiger partial charge in [0, 0.05) is 18.7 Å². The molecule has 1 fully saturated rings. The summed E-state index contributed by atoms with van der Waals surface area (Å²) in [6.45, 7) is 2.91. The number of nitrogens with zero attached hydrogens (tertiary/aromatic N) is 2. The van der Waals surface area contributed by atoms with Gasteiger partial charge in [0.25, 0.3) is 0 Å². The van der Waals surface area contributed by atoms with Crippen LogP contribution in [0, 0.1) is 17.6 Å². The van der Waals surface area contributed by atoms with Gasteiger partial charge >= 0.3 is 12.0 Å². The van der Waals surface area contributed by atoms with Gasteiger partial charge in [-0.1, -0.05) is 18.3 Å². The quantitative estimate of drug-likeness (QED) is 0.332. The number of amides is 2. The second-order valence-electron chi connectivity index (χ2n) is 7.98. The fraction of sp³-hybridized carbons (Fsp3) is 0.500. The monoisotopic (exact) mass is 499 g/mol. The van der Waals surface area contributed by atoms with Crippen molar-refractivity contribution in [1.82, 2.24) is 9.88 Å².